The predicted molar refractivity (Wildman–Crippen MR) is 138 cm³/mol. The summed E-state index contributed by atoms with van der Waals surface area (Å²) in [5.74, 6) is -0.102. The van der Waals surface area contributed by atoms with Crippen LogP contribution in [-0.2, 0) is 33.5 Å². The van der Waals surface area contributed by atoms with Gasteiger partial charge in [-0.05, 0) is 59.9 Å². The maximum atomic E-state index is 15.2. The molecule has 0 radical (unpaired) electrons. The highest BCUT2D eigenvalue weighted by atomic mass is 19.3. The molecule has 0 amide bonds. The number of hydrogen-bond donors (Lipinski definition) is 0. The summed E-state index contributed by atoms with van der Waals surface area (Å²) in [6, 6.07) is 16.0. The van der Waals surface area contributed by atoms with Gasteiger partial charge in [0.15, 0.2) is 6.29 Å². The summed E-state index contributed by atoms with van der Waals surface area (Å²) in [4.78, 5) is 0. The number of ether oxygens (including phenoxy) is 4. The molecule has 4 rings (SSSR count). The summed E-state index contributed by atoms with van der Waals surface area (Å²) in [5, 5.41) is 1.45. The van der Waals surface area contributed by atoms with Gasteiger partial charge in [-0.25, -0.2) is 4.39 Å². The number of fused-ring (bicyclic) bond motifs is 1. The molecule has 1 fully saturated rings. The fraction of sp³-hybridized carbons (Fsp3) is 0.467. The molecular weight excluding hydrogens is 481 g/mol. The minimum absolute atomic E-state index is 0.00446. The van der Waals surface area contributed by atoms with E-state index in [4.69, 9.17) is 14.2 Å². The second-order valence-electron chi connectivity index (χ2n) is 9.45. The first-order valence-electron chi connectivity index (χ1n) is 13.1. The van der Waals surface area contributed by atoms with E-state index in [0.717, 1.165) is 42.4 Å². The molecule has 37 heavy (non-hydrogen) atoms. The number of benzene rings is 3. The molecule has 0 aliphatic carbocycles. The fourth-order valence-electron chi connectivity index (χ4n) is 4.53. The van der Waals surface area contributed by atoms with Crippen molar-refractivity contribution < 1.29 is 32.1 Å². The van der Waals surface area contributed by atoms with E-state index in [9.17, 15) is 8.78 Å². The van der Waals surface area contributed by atoms with Gasteiger partial charge >= 0.3 is 6.61 Å². The Morgan fingerprint density at radius 1 is 0.892 bits per heavy atom. The third-order valence-electron chi connectivity index (χ3n) is 6.64. The lowest BCUT2D eigenvalue weighted by Gasteiger charge is -2.29. The Bertz CT molecular complexity index is 1110. The molecule has 0 saturated carbocycles. The van der Waals surface area contributed by atoms with Gasteiger partial charge in [-0.2, -0.15) is 8.78 Å². The van der Waals surface area contributed by atoms with Crippen molar-refractivity contribution in [3.05, 3.63) is 77.1 Å². The molecule has 200 valence electrons. The van der Waals surface area contributed by atoms with Gasteiger partial charge in [-0.15, -0.1) is 0 Å². The predicted octanol–water partition coefficient (Wildman–Crippen LogP) is 7.25. The quantitative estimate of drug-likeness (QED) is 0.224. The normalized spacial score (nSPS) is 18.0. The molecule has 3 aromatic rings. The van der Waals surface area contributed by atoms with Gasteiger partial charge in [-0.3, -0.25) is 0 Å². The zero-order valence-electron chi connectivity index (χ0n) is 21.3. The van der Waals surface area contributed by atoms with Gasteiger partial charge in [0.05, 0.1) is 13.2 Å². The summed E-state index contributed by atoms with van der Waals surface area (Å²) >= 11 is 0. The van der Waals surface area contributed by atoms with Gasteiger partial charge in [0.25, 0.3) is 0 Å². The second kappa shape index (κ2) is 13.8. The van der Waals surface area contributed by atoms with Crippen molar-refractivity contribution >= 4 is 10.8 Å². The first kappa shape index (κ1) is 27.4. The lowest BCUT2D eigenvalue weighted by atomic mass is 9.98. The van der Waals surface area contributed by atoms with E-state index in [2.05, 4.69) is 11.7 Å². The number of aryl methyl sites for hydroxylation is 3. The molecule has 0 N–H and O–H groups in total. The third-order valence-corrected chi connectivity index (χ3v) is 6.64. The molecule has 0 bridgehead atoms. The Kier molecular flexibility index (Phi) is 10.2. The van der Waals surface area contributed by atoms with Crippen LogP contribution in [0.1, 0.15) is 49.3 Å². The van der Waals surface area contributed by atoms with E-state index < -0.39 is 6.61 Å². The molecule has 4 nitrogen and oxygen atoms in total. The lowest BCUT2D eigenvalue weighted by Crippen LogP contribution is -2.37. The van der Waals surface area contributed by atoms with E-state index in [1.807, 2.05) is 30.3 Å². The standard InChI is InChI=1S/C30H35F3O4/c1-2-3-4-17-34-26-19-35-28(36-20-26)16-9-22-8-15-27-24(18-22)12-11-23(29(27)31)10-5-21-6-13-25(14-7-21)37-30(32)33/h6-8,11-15,18,26,28,30H,2-5,9-10,16-17,19-20H2,1H3. The monoisotopic (exact) mass is 516 g/mol. The summed E-state index contributed by atoms with van der Waals surface area (Å²) in [7, 11) is 0. The van der Waals surface area contributed by atoms with Crippen molar-refractivity contribution in [1.82, 2.24) is 0 Å². The smallest absolute Gasteiger partial charge is 0.387 e. The Balaban J connectivity index is 1.26. The maximum absolute atomic E-state index is 15.2. The van der Waals surface area contributed by atoms with Crippen LogP contribution in [0.15, 0.2) is 54.6 Å². The van der Waals surface area contributed by atoms with E-state index >= 15 is 4.39 Å². The van der Waals surface area contributed by atoms with Gasteiger partial charge in [0, 0.05) is 18.4 Å². The number of alkyl halides is 2. The largest absolute Gasteiger partial charge is 0.435 e. The number of hydrogen-bond acceptors (Lipinski definition) is 4. The summed E-state index contributed by atoms with van der Waals surface area (Å²) < 4.78 is 61.6. The first-order valence-corrected chi connectivity index (χ1v) is 13.1. The third kappa shape index (κ3) is 8.19. The van der Waals surface area contributed by atoms with Crippen molar-refractivity contribution in [1.29, 1.82) is 0 Å². The molecule has 7 heteroatoms. The van der Waals surface area contributed by atoms with Crippen LogP contribution in [0, 0.1) is 5.82 Å². The number of rotatable bonds is 13. The molecule has 1 aliphatic rings. The van der Waals surface area contributed by atoms with Crippen molar-refractivity contribution in [3.8, 4) is 5.75 Å². The van der Waals surface area contributed by atoms with Crippen LogP contribution in [0.3, 0.4) is 0 Å². The van der Waals surface area contributed by atoms with Crippen molar-refractivity contribution in [2.45, 2.75) is 70.9 Å². The number of halogens is 3. The number of unbranched alkanes of at least 4 members (excludes halogenated alkanes) is 2. The molecule has 0 aromatic heterocycles. The van der Waals surface area contributed by atoms with Crippen LogP contribution < -0.4 is 4.74 Å². The van der Waals surface area contributed by atoms with E-state index in [1.54, 1.807) is 12.1 Å². The zero-order chi connectivity index (χ0) is 26.0. The molecule has 1 heterocycles. The lowest BCUT2D eigenvalue weighted by molar-refractivity contribution is -0.227. The Morgan fingerprint density at radius 2 is 1.65 bits per heavy atom. The van der Waals surface area contributed by atoms with Crippen molar-refractivity contribution in [2.75, 3.05) is 19.8 Å². The fourth-order valence-corrected chi connectivity index (χ4v) is 4.53. The van der Waals surface area contributed by atoms with Crippen LogP contribution in [0.5, 0.6) is 5.75 Å². The molecule has 0 unspecified atom stereocenters. The highest BCUT2D eigenvalue weighted by Gasteiger charge is 2.22. The molecule has 1 saturated heterocycles. The minimum atomic E-state index is -2.85. The van der Waals surface area contributed by atoms with Crippen molar-refractivity contribution in [3.63, 3.8) is 0 Å². The Labute approximate surface area is 216 Å². The summed E-state index contributed by atoms with van der Waals surface area (Å²) in [6.45, 7) is 1.17. The van der Waals surface area contributed by atoms with Gasteiger partial charge in [0.1, 0.15) is 17.7 Å². The molecule has 0 atom stereocenters. The van der Waals surface area contributed by atoms with Crippen LogP contribution in [0.2, 0.25) is 0 Å². The van der Waals surface area contributed by atoms with Crippen LogP contribution in [0.25, 0.3) is 10.8 Å². The highest BCUT2D eigenvalue weighted by Crippen LogP contribution is 2.25. The van der Waals surface area contributed by atoms with Crippen LogP contribution in [0.4, 0.5) is 13.2 Å². The van der Waals surface area contributed by atoms with Gasteiger partial charge < -0.3 is 18.9 Å². The summed E-state index contributed by atoms with van der Waals surface area (Å²) in [5.41, 5.74) is 2.66. The van der Waals surface area contributed by atoms with Gasteiger partial charge in [-0.1, -0.05) is 62.2 Å². The van der Waals surface area contributed by atoms with Crippen LogP contribution >= 0.6 is 0 Å². The zero-order valence-corrected chi connectivity index (χ0v) is 21.3. The molecule has 0 spiro atoms. The maximum Gasteiger partial charge on any atom is 0.387 e. The molecular formula is C30H35F3O4. The summed E-state index contributed by atoms with van der Waals surface area (Å²) in [6.07, 6.45) is 5.78. The van der Waals surface area contributed by atoms with Crippen molar-refractivity contribution in [2.24, 2.45) is 0 Å². The average Bonchev–Trinajstić information content (AvgIpc) is 2.91. The van der Waals surface area contributed by atoms with Gasteiger partial charge in [0.2, 0.25) is 0 Å². The first-order chi connectivity index (χ1) is 18.0. The van der Waals surface area contributed by atoms with E-state index in [0.29, 0.717) is 37.0 Å². The second-order valence-corrected chi connectivity index (χ2v) is 9.45. The minimum Gasteiger partial charge on any atom is -0.435 e. The van der Waals surface area contributed by atoms with E-state index in [-0.39, 0.29) is 24.0 Å². The van der Waals surface area contributed by atoms with E-state index in [1.165, 1.54) is 25.0 Å². The topological polar surface area (TPSA) is 36.9 Å². The average molecular weight is 517 g/mol. The molecule has 3 aromatic carbocycles. The Hall–Kier alpha value is -2.61. The SMILES string of the molecule is CCCCCOC1COC(CCc2ccc3c(F)c(CCc4ccc(OC(F)F)cc4)ccc3c2)OC1. The Morgan fingerprint density at radius 3 is 2.38 bits per heavy atom. The highest BCUT2D eigenvalue weighted by molar-refractivity contribution is 5.84. The molecule has 1 aliphatic heterocycles. The van der Waals surface area contributed by atoms with Crippen LogP contribution in [-0.4, -0.2) is 38.8 Å².